The maximum absolute atomic E-state index is 11.9. The molecule has 1 aliphatic rings. The van der Waals surface area contributed by atoms with Crippen LogP contribution in [0.2, 0.25) is 5.02 Å². The Balaban J connectivity index is 2.06. The first-order chi connectivity index (χ1) is 10.7. The molecule has 0 saturated heterocycles. The number of hydrogen-bond donors (Lipinski definition) is 1. The van der Waals surface area contributed by atoms with E-state index in [0.29, 0.717) is 17.2 Å². The zero-order valence-corrected chi connectivity index (χ0v) is 12.4. The van der Waals surface area contributed by atoms with Gasteiger partial charge in [-0.2, -0.15) is 4.99 Å². The third-order valence-corrected chi connectivity index (χ3v) is 3.64. The number of benzene rings is 2. The Morgan fingerprint density at radius 1 is 1.23 bits per heavy atom. The van der Waals surface area contributed by atoms with Crippen LogP contribution in [0.3, 0.4) is 0 Å². The lowest BCUT2D eigenvalue weighted by Gasteiger charge is -2.19. The summed E-state index contributed by atoms with van der Waals surface area (Å²) in [5, 5.41) is 0.679. The van der Waals surface area contributed by atoms with Gasteiger partial charge in [0.25, 0.3) is 5.91 Å². The molecular formula is C17H13ClN2O2. The maximum atomic E-state index is 11.9. The van der Waals surface area contributed by atoms with E-state index in [1.54, 1.807) is 18.2 Å². The lowest BCUT2D eigenvalue weighted by molar-refractivity contribution is 0.100. The molecular weight excluding hydrogens is 300 g/mol. The van der Waals surface area contributed by atoms with Gasteiger partial charge < -0.3 is 10.5 Å². The highest BCUT2D eigenvalue weighted by molar-refractivity contribution is 6.30. The van der Waals surface area contributed by atoms with Crippen molar-refractivity contribution < 1.29 is 9.53 Å². The fourth-order valence-electron chi connectivity index (χ4n) is 2.37. The van der Waals surface area contributed by atoms with Crippen LogP contribution in [0, 0.1) is 0 Å². The van der Waals surface area contributed by atoms with Gasteiger partial charge in [-0.15, -0.1) is 0 Å². The summed E-state index contributed by atoms with van der Waals surface area (Å²) in [7, 11) is 0. The first kappa shape index (κ1) is 14.4. The van der Waals surface area contributed by atoms with E-state index in [1.807, 2.05) is 30.3 Å². The highest BCUT2D eigenvalue weighted by Crippen LogP contribution is 2.35. The van der Waals surface area contributed by atoms with Crippen LogP contribution in [-0.2, 0) is 0 Å². The number of amides is 1. The number of nitrogens with two attached hydrogens (primary N) is 1. The van der Waals surface area contributed by atoms with Gasteiger partial charge in [0.05, 0.1) is 6.34 Å². The van der Waals surface area contributed by atoms with Crippen LogP contribution in [0.1, 0.15) is 21.5 Å². The first-order valence-corrected chi connectivity index (χ1v) is 7.09. The number of nitrogens with zero attached hydrogens (tertiary/aromatic N) is 1. The Labute approximate surface area is 132 Å². The Kier molecular flexibility index (Phi) is 3.94. The van der Waals surface area contributed by atoms with Gasteiger partial charge in [-0.3, -0.25) is 4.79 Å². The van der Waals surface area contributed by atoms with Crippen LogP contribution in [0.25, 0.3) is 5.57 Å². The summed E-state index contributed by atoms with van der Waals surface area (Å²) in [4.78, 5) is 15.5. The van der Waals surface area contributed by atoms with E-state index in [-0.39, 0.29) is 5.91 Å². The van der Waals surface area contributed by atoms with E-state index >= 15 is 0 Å². The van der Waals surface area contributed by atoms with E-state index in [9.17, 15) is 4.79 Å². The van der Waals surface area contributed by atoms with Crippen molar-refractivity contribution in [3.63, 3.8) is 0 Å². The molecule has 0 aliphatic carbocycles. The smallest absolute Gasteiger partial charge is 0.278 e. The number of halogens is 1. The Morgan fingerprint density at radius 2 is 2.00 bits per heavy atom. The van der Waals surface area contributed by atoms with Crippen LogP contribution in [0.5, 0.6) is 5.75 Å². The summed E-state index contributed by atoms with van der Waals surface area (Å²) in [6.07, 6.45) is 2.97. The predicted molar refractivity (Wildman–Crippen MR) is 87.5 cm³/mol. The average Bonchev–Trinajstić information content (AvgIpc) is 2.55. The summed E-state index contributed by atoms with van der Waals surface area (Å²) in [5.41, 5.74) is 8.51. The van der Waals surface area contributed by atoms with Crippen molar-refractivity contribution >= 4 is 29.4 Å². The zero-order chi connectivity index (χ0) is 15.5. The van der Waals surface area contributed by atoms with E-state index in [4.69, 9.17) is 22.1 Å². The Hall–Kier alpha value is -2.59. The SMILES string of the molecule is N/C=N/C(=O)c1ccc2c(c1)C(c1ccc(Cl)cc1)=CCO2. The Morgan fingerprint density at radius 3 is 2.73 bits per heavy atom. The fraction of sp³-hybridized carbons (Fsp3) is 0.0588. The van der Waals surface area contributed by atoms with Crippen LogP contribution < -0.4 is 10.5 Å². The highest BCUT2D eigenvalue weighted by atomic mass is 35.5. The van der Waals surface area contributed by atoms with E-state index in [2.05, 4.69) is 4.99 Å². The van der Waals surface area contributed by atoms with E-state index < -0.39 is 0 Å². The molecule has 0 atom stereocenters. The van der Waals surface area contributed by atoms with Gasteiger partial charge in [0, 0.05) is 16.1 Å². The third kappa shape index (κ3) is 2.73. The van der Waals surface area contributed by atoms with E-state index in [1.165, 1.54) is 0 Å². The van der Waals surface area contributed by atoms with Gasteiger partial charge in [0.15, 0.2) is 0 Å². The van der Waals surface area contributed by atoms with Crippen molar-refractivity contribution in [3.05, 3.63) is 70.3 Å². The minimum absolute atomic E-state index is 0.383. The van der Waals surface area contributed by atoms with Gasteiger partial charge in [-0.05, 0) is 47.5 Å². The standard InChI is InChI=1S/C17H13ClN2O2/c18-13-4-1-11(2-5-13)14-7-8-22-16-6-3-12(9-15(14)16)17(21)20-10-19/h1-7,9-10H,8H2,(H2,19,20,21). The molecule has 22 heavy (non-hydrogen) atoms. The summed E-state index contributed by atoms with van der Waals surface area (Å²) >= 11 is 5.94. The minimum atomic E-state index is -0.383. The van der Waals surface area contributed by atoms with Crippen LogP contribution >= 0.6 is 11.6 Å². The number of fused-ring (bicyclic) bond motifs is 1. The van der Waals surface area contributed by atoms with Gasteiger partial charge in [-0.1, -0.05) is 23.7 Å². The molecule has 0 unspecified atom stereocenters. The molecule has 110 valence electrons. The van der Waals surface area contributed by atoms with Crippen LogP contribution in [0.15, 0.2) is 53.5 Å². The van der Waals surface area contributed by atoms with Crippen LogP contribution in [-0.4, -0.2) is 18.9 Å². The number of ether oxygens (including phenoxy) is 1. The van der Waals surface area contributed by atoms with Crippen molar-refractivity contribution in [2.45, 2.75) is 0 Å². The molecule has 1 aliphatic heterocycles. The van der Waals surface area contributed by atoms with Crippen molar-refractivity contribution in [2.24, 2.45) is 10.7 Å². The lowest BCUT2D eigenvalue weighted by Crippen LogP contribution is -2.07. The number of aliphatic imine (C=N–C) groups is 1. The largest absolute Gasteiger partial charge is 0.489 e. The Bertz CT molecular complexity index is 780. The average molecular weight is 313 g/mol. The van der Waals surface area contributed by atoms with Gasteiger partial charge in [0.1, 0.15) is 12.4 Å². The van der Waals surface area contributed by atoms with Crippen molar-refractivity contribution in [1.29, 1.82) is 0 Å². The number of carbonyl (C=O) groups excluding carboxylic acids is 1. The van der Waals surface area contributed by atoms with Gasteiger partial charge in [-0.25, -0.2) is 0 Å². The number of hydrogen-bond acceptors (Lipinski definition) is 2. The van der Waals surface area contributed by atoms with E-state index in [0.717, 1.165) is 28.8 Å². The molecule has 3 rings (SSSR count). The first-order valence-electron chi connectivity index (χ1n) is 6.71. The molecule has 0 radical (unpaired) electrons. The molecule has 5 heteroatoms. The van der Waals surface area contributed by atoms with Crippen molar-refractivity contribution in [2.75, 3.05) is 6.61 Å². The molecule has 0 fully saturated rings. The minimum Gasteiger partial charge on any atom is -0.489 e. The molecule has 2 N–H and O–H groups in total. The van der Waals surface area contributed by atoms with Crippen molar-refractivity contribution in [3.8, 4) is 5.75 Å². The van der Waals surface area contributed by atoms with Crippen molar-refractivity contribution in [1.82, 2.24) is 0 Å². The number of rotatable bonds is 2. The maximum Gasteiger partial charge on any atom is 0.278 e. The fourth-order valence-corrected chi connectivity index (χ4v) is 2.50. The molecule has 0 saturated carbocycles. The molecule has 2 aromatic carbocycles. The summed E-state index contributed by atoms with van der Waals surface area (Å²) in [5.74, 6) is 0.354. The quantitative estimate of drug-likeness (QED) is 0.683. The second kappa shape index (κ2) is 6.03. The predicted octanol–water partition coefficient (Wildman–Crippen LogP) is 3.29. The second-order valence-corrected chi connectivity index (χ2v) is 5.17. The topological polar surface area (TPSA) is 64.7 Å². The monoisotopic (exact) mass is 312 g/mol. The summed E-state index contributed by atoms with van der Waals surface area (Å²) in [6.45, 7) is 0.485. The molecule has 0 aromatic heterocycles. The molecule has 2 aromatic rings. The normalized spacial score (nSPS) is 13.4. The summed E-state index contributed by atoms with van der Waals surface area (Å²) in [6, 6.07) is 12.8. The van der Waals surface area contributed by atoms with Gasteiger partial charge in [0.2, 0.25) is 0 Å². The molecule has 1 amide bonds. The lowest BCUT2D eigenvalue weighted by atomic mass is 9.94. The molecule has 0 bridgehead atoms. The zero-order valence-electron chi connectivity index (χ0n) is 11.6. The number of carbonyl (C=O) groups is 1. The molecule has 0 spiro atoms. The third-order valence-electron chi connectivity index (χ3n) is 3.39. The van der Waals surface area contributed by atoms with Crippen LogP contribution in [0.4, 0.5) is 0 Å². The summed E-state index contributed by atoms with van der Waals surface area (Å²) < 4.78 is 5.62. The second-order valence-electron chi connectivity index (χ2n) is 4.73. The molecule has 4 nitrogen and oxygen atoms in total. The van der Waals surface area contributed by atoms with Gasteiger partial charge >= 0.3 is 0 Å². The highest BCUT2D eigenvalue weighted by Gasteiger charge is 2.17. The molecule has 1 heterocycles.